The Morgan fingerprint density at radius 3 is 2.19 bits per heavy atom. The number of hydrogen-bond donors (Lipinski definition) is 1. The van der Waals surface area contributed by atoms with E-state index in [0.717, 1.165) is 0 Å². The number of hydrogen-bond acceptors (Lipinski definition) is 3. The summed E-state index contributed by atoms with van der Waals surface area (Å²) < 4.78 is 25.1. The van der Waals surface area contributed by atoms with E-state index in [-0.39, 0.29) is 0 Å². The van der Waals surface area contributed by atoms with Crippen molar-refractivity contribution in [2.24, 2.45) is 0 Å². The van der Waals surface area contributed by atoms with Gasteiger partial charge in [0.1, 0.15) is 11.9 Å². The lowest BCUT2D eigenvalue weighted by molar-refractivity contribution is 0.218. The molecule has 0 spiro atoms. The van der Waals surface area contributed by atoms with E-state index in [0.29, 0.717) is 31.6 Å². The Balaban J connectivity index is 2.49. The van der Waals surface area contributed by atoms with Crippen LogP contribution in [-0.2, 0) is 0 Å². The van der Waals surface area contributed by atoms with Gasteiger partial charge >= 0.3 is 0 Å². The summed E-state index contributed by atoms with van der Waals surface area (Å²) in [5, 5.41) is 10.5. The summed E-state index contributed by atoms with van der Waals surface area (Å²) in [6, 6.07) is 7.65. The number of halogens is 3. The molecule has 3 nitrogen and oxygen atoms in total. The van der Waals surface area contributed by atoms with Gasteiger partial charge in [-0.15, -0.1) is 0 Å². The first-order valence-corrected chi connectivity index (χ1v) is 7.60. The van der Waals surface area contributed by atoms with Crippen molar-refractivity contribution in [2.75, 3.05) is 14.2 Å². The summed E-state index contributed by atoms with van der Waals surface area (Å²) in [6.07, 6.45) is -0.994. The quantitative estimate of drug-likeness (QED) is 0.795. The van der Waals surface area contributed by atoms with Gasteiger partial charge in [-0.3, -0.25) is 0 Å². The van der Waals surface area contributed by atoms with E-state index in [1.54, 1.807) is 18.2 Å². The molecule has 1 atom stereocenters. The monoisotopic (exact) mass is 418 g/mol. The highest BCUT2D eigenvalue weighted by atomic mass is 79.9. The fourth-order valence-corrected chi connectivity index (χ4v) is 3.01. The SMILES string of the molecule is COc1cc(Br)c(C(O)c2cc(F)cc(Br)c2)cc1OC. The molecule has 0 saturated carbocycles. The first-order valence-electron chi connectivity index (χ1n) is 6.01. The van der Waals surface area contributed by atoms with Gasteiger partial charge in [0.05, 0.1) is 14.2 Å². The van der Waals surface area contributed by atoms with Crippen molar-refractivity contribution in [3.8, 4) is 11.5 Å². The molecule has 0 amide bonds. The maximum Gasteiger partial charge on any atom is 0.161 e. The van der Waals surface area contributed by atoms with Gasteiger partial charge in [0.25, 0.3) is 0 Å². The molecule has 6 heteroatoms. The maximum absolute atomic E-state index is 13.5. The van der Waals surface area contributed by atoms with Crippen LogP contribution >= 0.6 is 31.9 Å². The van der Waals surface area contributed by atoms with Gasteiger partial charge in [-0.2, -0.15) is 0 Å². The first-order chi connectivity index (χ1) is 9.96. The fraction of sp³-hybridized carbons (Fsp3) is 0.200. The molecule has 0 heterocycles. The van der Waals surface area contributed by atoms with Crippen LogP contribution in [-0.4, -0.2) is 19.3 Å². The van der Waals surface area contributed by atoms with E-state index >= 15 is 0 Å². The average molecular weight is 420 g/mol. The molecule has 2 rings (SSSR count). The van der Waals surface area contributed by atoms with Crippen molar-refractivity contribution in [1.82, 2.24) is 0 Å². The molecule has 0 aliphatic rings. The molecular formula is C15H13Br2FO3. The molecule has 112 valence electrons. The van der Waals surface area contributed by atoms with Crippen LogP contribution in [0.25, 0.3) is 0 Å². The van der Waals surface area contributed by atoms with Crippen molar-refractivity contribution in [3.05, 3.63) is 56.2 Å². The van der Waals surface area contributed by atoms with Crippen LogP contribution < -0.4 is 9.47 Å². The molecule has 0 aliphatic carbocycles. The molecular weight excluding hydrogens is 407 g/mol. The zero-order valence-electron chi connectivity index (χ0n) is 11.4. The number of benzene rings is 2. The molecule has 2 aromatic rings. The van der Waals surface area contributed by atoms with E-state index < -0.39 is 11.9 Å². The summed E-state index contributed by atoms with van der Waals surface area (Å²) in [5.74, 6) is 0.612. The molecule has 0 aromatic heterocycles. The van der Waals surface area contributed by atoms with Crippen molar-refractivity contribution in [2.45, 2.75) is 6.10 Å². The summed E-state index contributed by atoms with van der Waals surface area (Å²) in [5.41, 5.74) is 1.000. The van der Waals surface area contributed by atoms with Crippen LogP contribution in [0, 0.1) is 5.82 Å². The van der Waals surface area contributed by atoms with Crippen LogP contribution in [0.4, 0.5) is 4.39 Å². The topological polar surface area (TPSA) is 38.7 Å². The van der Waals surface area contributed by atoms with Gasteiger partial charge in [-0.1, -0.05) is 31.9 Å². The van der Waals surface area contributed by atoms with Crippen LogP contribution in [0.15, 0.2) is 39.3 Å². The molecule has 0 aliphatic heterocycles. The van der Waals surface area contributed by atoms with E-state index in [9.17, 15) is 9.50 Å². The molecule has 0 saturated heterocycles. The predicted octanol–water partition coefficient (Wildman–Crippen LogP) is 4.45. The van der Waals surface area contributed by atoms with Gasteiger partial charge in [-0.05, 0) is 35.9 Å². The molecule has 1 unspecified atom stereocenters. The number of aliphatic hydroxyl groups is 1. The van der Waals surface area contributed by atoms with Gasteiger partial charge < -0.3 is 14.6 Å². The van der Waals surface area contributed by atoms with Crippen molar-refractivity contribution in [1.29, 1.82) is 0 Å². The van der Waals surface area contributed by atoms with Crippen LogP contribution in [0.5, 0.6) is 11.5 Å². The number of ether oxygens (including phenoxy) is 2. The second-order valence-corrected chi connectivity index (χ2v) is 6.10. The highest BCUT2D eigenvalue weighted by Crippen LogP contribution is 2.38. The van der Waals surface area contributed by atoms with Gasteiger partial charge in [0.15, 0.2) is 11.5 Å². The normalized spacial score (nSPS) is 12.1. The Kier molecular flexibility index (Phi) is 5.24. The fourth-order valence-electron chi connectivity index (χ4n) is 1.99. The number of rotatable bonds is 4. The minimum Gasteiger partial charge on any atom is -0.493 e. The summed E-state index contributed by atoms with van der Waals surface area (Å²) in [4.78, 5) is 0. The molecule has 0 radical (unpaired) electrons. The van der Waals surface area contributed by atoms with Gasteiger partial charge in [0, 0.05) is 14.5 Å². The third kappa shape index (κ3) is 3.56. The molecule has 0 bridgehead atoms. The third-order valence-electron chi connectivity index (χ3n) is 3.00. The Morgan fingerprint density at radius 2 is 1.62 bits per heavy atom. The van der Waals surface area contributed by atoms with Crippen LogP contribution in [0.3, 0.4) is 0 Å². The number of methoxy groups -OCH3 is 2. The minimum absolute atomic E-state index is 0.421. The average Bonchev–Trinajstić information content (AvgIpc) is 2.45. The van der Waals surface area contributed by atoms with Gasteiger partial charge in [-0.25, -0.2) is 4.39 Å². The Labute approximate surface area is 139 Å². The van der Waals surface area contributed by atoms with Crippen LogP contribution in [0.1, 0.15) is 17.2 Å². The first kappa shape index (κ1) is 16.3. The lowest BCUT2D eigenvalue weighted by atomic mass is 10.0. The van der Waals surface area contributed by atoms with Crippen molar-refractivity contribution < 1.29 is 19.0 Å². The largest absolute Gasteiger partial charge is 0.493 e. The standard InChI is InChI=1S/C15H13Br2FO3/c1-20-13-6-11(12(17)7-14(13)21-2)15(19)8-3-9(16)5-10(18)4-8/h3-7,15,19H,1-2H3. The molecule has 2 aromatic carbocycles. The lowest BCUT2D eigenvalue weighted by Gasteiger charge is -2.17. The summed E-state index contributed by atoms with van der Waals surface area (Å²) in [7, 11) is 3.05. The van der Waals surface area contributed by atoms with Crippen molar-refractivity contribution in [3.63, 3.8) is 0 Å². The zero-order chi connectivity index (χ0) is 15.6. The Hall–Kier alpha value is -1.11. The third-order valence-corrected chi connectivity index (χ3v) is 4.14. The second-order valence-electron chi connectivity index (χ2n) is 4.33. The second kappa shape index (κ2) is 6.77. The van der Waals surface area contributed by atoms with E-state index in [4.69, 9.17) is 9.47 Å². The van der Waals surface area contributed by atoms with Gasteiger partial charge in [0.2, 0.25) is 0 Å². The summed E-state index contributed by atoms with van der Waals surface area (Å²) >= 11 is 6.60. The minimum atomic E-state index is -0.994. The maximum atomic E-state index is 13.5. The Bertz CT molecular complexity index is 641. The van der Waals surface area contributed by atoms with E-state index in [2.05, 4.69) is 31.9 Å². The van der Waals surface area contributed by atoms with Crippen LogP contribution in [0.2, 0.25) is 0 Å². The zero-order valence-corrected chi connectivity index (χ0v) is 14.5. The molecule has 21 heavy (non-hydrogen) atoms. The molecule has 1 N–H and O–H groups in total. The smallest absolute Gasteiger partial charge is 0.161 e. The van der Waals surface area contributed by atoms with E-state index in [1.807, 2.05) is 0 Å². The Morgan fingerprint density at radius 1 is 1.00 bits per heavy atom. The lowest BCUT2D eigenvalue weighted by Crippen LogP contribution is -2.03. The van der Waals surface area contributed by atoms with Crippen molar-refractivity contribution >= 4 is 31.9 Å². The number of aliphatic hydroxyl groups excluding tert-OH is 1. The van der Waals surface area contributed by atoms with E-state index in [1.165, 1.54) is 26.4 Å². The highest BCUT2D eigenvalue weighted by Gasteiger charge is 2.18. The highest BCUT2D eigenvalue weighted by molar-refractivity contribution is 9.10. The predicted molar refractivity (Wildman–Crippen MR) is 85.4 cm³/mol. The molecule has 0 fully saturated rings. The summed E-state index contributed by atoms with van der Waals surface area (Å²) in [6.45, 7) is 0.